The van der Waals surface area contributed by atoms with Gasteiger partial charge in [0.25, 0.3) is 5.91 Å². The van der Waals surface area contributed by atoms with Crippen molar-refractivity contribution >= 4 is 22.5 Å². The summed E-state index contributed by atoms with van der Waals surface area (Å²) in [7, 11) is 0. The van der Waals surface area contributed by atoms with Crippen molar-refractivity contribution in [1.29, 1.82) is 0 Å². The van der Waals surface area contributed by atoms with Crippen LogP contribution in [0.4, 0.5) is 10.1 Å². The van der Waals surface area contributed by atoms with Crippen LogP contribution in [0, 0.1) is 5.82 Å². The van der Waals surface area contributed by atoms with Crippen LogP contribution >= 0.6 is 0 Å². The highest BCUT2D eigenvalue weighted by molar-refractivity contribution is 6.11. The molecule has 2 N–H and O–H groups in total. The number of pyridine rings is 2. The van der Waals surface area contributed by atoms with E-state index in [0.717, 1.165) is 16.6 Å². The molecule has 0 fully saturated rings. The average Bonchev–Trinajstić information content (AvgIpc) is 3.38. The molecular formula is C30H20FN5O2. The second-order valence-corrected chi connectivity index (χ2v) is 8.55. The third-order valence-corrected chi connectivity index (χ3v) is 5.95. The van der Waals surface area contributed by atoms with Gasteiger partial charge in [-0.2, -0.15) is 5.10 Å². The molecule has 0 radical (unpaired) electrons. The molecule has 38 heavy (non-hydrogen) atoms. The van der Waals surface area contributed by atoms with Crippen LogP contribution < -0.4 is 10.1 Å². The molecular weight excluding hydrogens is 481 g/mol. The van der Waals surface area contributed by atoms with Crippen LogP contribution in [0.2, 0.25) is 0 Å². The Morgan fingerprint density at radius 3 is 2.50 bits per heavy atom. The molecule has 0 saturated heterocycles. The molecule has 0 unspecified atom stereocenters. The van der Waals surface area contributed by atoms with Gasteiger partial charge in [0.2, 0.25) is 0 Å². The van der Waals surface area contributed by atoms with Crippen molar-refractivity contribution in [2.45, 2.75) is 0 Å². The second kappa shape index (κ2) is 9.94. The second-order valence-electron chi connectivity index (χ2n) is 8.55. The average molecular weight is 502 g/mol. The van der Waals surface area contributed by atoms with Gasteiger partial charge in [-0.05, 0) is 60.2 Å². The molecule has 3 aromatic heterocycles. The zero-order valence-corrected chi connectivity index (χ0v) is 19.9. The van der Waals surface area contributed by atoms with E-state index in [4.69, 9.17) is 4.74 Å². The summed E-state index contributed by atoms with van der Waals surface area (Å²) in [5.74, 6) is 0.605. The van der Waals surface area contributed by atoms with Gasteiger partial charge >= 0.3 is 0 Å². The summed E-state index contributed by atoms with van der Waals surface area (Å²) in [6.07, 6.45) is 4.92. The van der Waals surface area contributed by atoms with E-state index in [2.05, 4.69) is 25.5 Å². The monoisotopic (exact) mass is 501 g/mol. The number of aromatic amines is 1. The highest BCUT2D eigenvalue weighted by Gasteiger charge is 2.16. The maximum absolute atomic E-state index is 13.5. The number of carbonyl (C=O) groups excluding carboxylic acids is 1. The summed E-state index contributed by atoms with van der Waals surface area (Å²) in [5, 5.41) is 10.6. The van der Waals surface area contributed by atoms with Crippen LogP contribution in [-0.4, -0.2) is 26.1 Å². The number of anilines is 1. The summed E-state index contributed by atoms with van der Waals surface area (Å²) in [6.45, 7) is 0. The molecule has 6 aromatic rings. The van der Waals surface area contributed by atoms with E-state index in [1.165, 1.54) is 18.3 Å². The first-order chi connectivity index (χ1) is 18.6. The first-order valence-corrected chi connectivity index (χ1v) is 11.8. The largest absolute Gasteiger partial charge is 0.456 e. The summed E-state index contributed by atoms with van der Waals surface area (Å²) < 4.78 is 19.4. The summed E-state index contributed by atoms with van der Waals surface area (Å²) in [5.41, 5.74) is 4.43. The lowest BCUT2D eigenvalue weighted by molar-refractivity contribution is 0.102. The zero-order valence-electron chi connectivity index (χ0n) is 19.9. The molecule has 7 nitrogen and oxygen atoms in total. The molecule has 0 spiro atoms. The number of carbonyl (C=O) groups is 1. The van der Waals surface area contributed by atoms with Gasteiger partial charge in [-0.1, -0.05) is 36.4 Å². The van der Waals surface area contributed by atoms with E-state index in [1.807, 2.05) is 54.6 Å². The number of hydrogen-bond donors (Lipinski definition) is 2. The van der Waals surface area contributed by atoms with Crippen molar-refractivity contribution in [1.82, 2.24) is 20.2 Å². The van der Waals surface area contributed by atoms with Gasteiger partial charge in [-0.3, -0.25) is 19.9 Å². The maximum atomic E-state index is 13.5. The number of aromatic nitrogens is 4. The summed E-state index contributed by atoms with van der Waals surface area (Å²) >= 11 is 0. The van der Waals surface area contributed by atoms with E-state index in [-0.39, 0.29) is 17.4 Å². The minimum atomic E-state index is -0.381. The van der Waals surface area contributed by atoms with Crippen molar-refractivity contribution in [3.05, 3.63) is 121 Å². The first-order valence-electron chi connectivity index (χ1n) is 11.8. The fraction of sp³-hybridized carbons (Fsp3) is 0. The first kappa shape index (κ1) is 23.1. The van der Waals surface area contributed by atoms with Crippen molar-refractivity contribution < 1.29 is 13.9 Å². The normalized spacial score (nSPS) is 10.9. The lowest BCUT2D eigenvalue weighted by Crippen LogP contribution is -2.13. The molecule has 0 aliphatic heterocycles. The molecule has 3 aromatic carbocycles. The van der Waals surface area contributed by atoms with E-state index >= 15 is 0 Å². The molecule has 184 valence electrons. The number of para-hydroxylation sites is 1. The molecule has 0 saturated carbocycles. The number of halogens is 1. The number of benzene rings is 3. The third-order valence-electron chi connectivity index (χ3n) is 5.95. The number of H-pyrrole nitrogens is 1. The number of hydrogen-bond acceptors (Lipinski definition) is 5. The van der Waals surface area contributed by atoms with Crippen LogP contribution in [0.3, 0.4) is 0 Å². The molecule has 6 rings (SSSR count). The van der Waals surface area contributed by atoms with Gasteiger partial charge in [0.1, 0.15) is 17.3 Å². The fourth-order valence-electron chi connectivity index (χ4n) is 4.10. The molecule has 3 heterocycles. The molecule has 0 bridgehead atoms. The number of ether oxygens (including phenoxy) is 1. The van der Waals surface area contributed by atoms with Crippen LogP contribution in [0.15, 0.2) is 110 Å². The van der Waals surface area contributed by atoms with Gasteiger partial charge in [-0.25, -0.2) is 4.39 Å². The Hall–Kier alpha value is -5.37. The predicted molar refractivity (Wildman–Crippen MR) is 143 cm³/mol. The van der Waals surface area contributed by atoms with Crippen molar-refractivity contribution in [2.24, 2.45) is 0 Å². The fourth-order valence-corrected chi connectivity index (χ4v) is 4.10. The highest BCUT2D eigenvalue weighted by atomic mass is 19.1. The van der Waals surface area contributed by atoms with Gasteiger partial charge in [-0.15, -0.1) is 0 Å². The van der Waals surface area contributed by atoms with E-state index < -0.39 is 0 Å². The van der Waals surface area contributed by atoms with E-state index in [0.29, 0.717) is 33.8 Å². The van der Waals surface area contributed by atoms with Gasteiger partial charge in [0, 0.05) is 22.7 Å². The van der Waals surface area contributed by atoms with Gasteiger partial charge < -0.3 is 10.1 Å². The van der Waals surface area contributed by atoms with Gasteiger partial charge in [0.15, 0.2) is 5.69 Å². The van der Waals surface area contributed by atoms with Crippen molar-refractivity contribution in [2.75, 3.05) is 5.32 Å². The standard InChI is InChI=1S/C30H20FN5O2/c31-22-6-4-5-20(13-22)27-12-10-23(17-33-27)34-30(37)29-26-15-19(9-11-28(26)35-36-29)21-14-25(18-32-16-21)38-24-7-2-1-3-8-24/h1-18H,(H,34,37)(H,35,36). The predicted octanol–water partition coefficient (Wildman–Crippen LogP) is 6.87. The Bertz CT molecular complexity index is 1750. The SMILES string of the molecule is O=C(Nc1ccc(-c2cccc(F)c2)nc1)c1n[nH]c2ccc(-c3cncc(Oc4ccccc4)c3)cc12. The van der Waals surface area contributed by atoms with Crippen molar-refractivity contribution in [3.63, 3.8) is 0 Å². The minimum Gasteiger partial charge on any atom is -0.456 e. The summed E-state index contributed by atoms with van der Waals surface area (Å²) in [4.78, 5) is 21.8. The maximum Gasteiger partial charge on any atom is 0.276 e. The molecule has 0 aliphatic carbocycles. The molecule has 8 heteroatoms. The Labute approximate surface area is 217 Å². The van der Waals surface area contributed by atoms with Crippen LogP contribution in [0.1, 0.15) is 10.5 Å². The lowest BCUT2D eigenvalue weighted by atomic mass is 10.0. The quantitative estimate of drug-likeness (QED) is 0.260. The van der Waals surface area contributed by atoms with Gasteiger partial charge in [0.05, 0.1) is 29.3 Å². The van der Waals surface area contributed by atoms with Crippen LogP contribution in [0.5, 0.6) is 11.5 Å². The number of fused-ring (bicyclic) bond motifs is 1. The number of nitrogens with zero attached hydrogens (tertiary/aromatic N) is 3. The zero-order chi connectivity index (χ0) is 25.9. The Morgan fingerprint density at radius 1 is 0.789 bits per heavy atom. The van der Waals surface area contributed by atoms with E-state index in [1.54, 1.807) is 36.7 Å². The Morgan fingerprint density at radius 2 is 1.68 bits per heavy atom. The van der Waals surface area contributed by atoms with Crippen LogP contribution in [0.25, 0.3) is 33.3 Å². The Balaban J connectivity index is 1.23. The number of amides is 1. The Kier molecular flexibility index (Phi) is 6.03. The van der Waals surface area contributed by atoms with Crippen LogP contribution in [-0.2, 0) is 0 Å². The topological polar surface area (TPSA) is 92.8 Å². The number of rotatable bonds is 6. The van der Waals surface area contributed by atoms with Crippen molar-refractivity contribution in [3.8, 4) is 33.9 Å². The molecule has 0 aliphatic rings. The smallest absolute Gasteiger partial charge is 0.276 e. The lowest BCUT2D eigenvalue weighted by Gasteiger charge is -2.08. The highest BCUT2D eigenvalue weighted by Crippen LogP contribution is 2.29. The third kappa shape index (κ3) is 4.83. The number of nitrogens with one attached hydrogen (secondary N) is 2. The minimum absolute atomic E-state index is 0.251. The summed E-state index contributed by atoms with van der Waals surface area (Å²) in [6, 6.07) is 26.7. The molecule has 1 amide bonds. The van der Waals surface area contributed by atoms with E-state index in [9.17, 15) is 9.18 Å². The molecule has 0 atom stereocenters.